The van der Waals surface area contributed by atoms with Crippen molar-refractivity contribution < 1.29 is 4.74 Å². The lowest BCUT2D eigenvalue weighted by molar-refractivity contribution is 0.416. The number of nitrogens with one attached hydrogen (secondary N) is 1. The number of methoxy groups -OCH3 is 1. The maximum atomic E-state index is 5.77. The summed E-state index contributed by atoms with van der Waals surface area (Å²) < 4.78 is 5.20. The first-order chi connectivity index (χ1) is 7.79. The molecule has 0 saturated heterocycles. The quantitative estimate of drug-likeness (QED) is 0.765. The van der Waals surface area contributed by atoms with E-state index in [4.69, 9.17) is 10.5 Å². The Kier molecular flexibility index (Phi) is 3.67. The van der Waals surface area contributed by atoms with Crippen LogP contribution in [-0.2, 0) is 6.54 Å². The van der Waals surface area contributed by atoms with Crippen LogP contribution in [0.15, 0.2) is 18.2 Å². The fourth-order valence-corrected chi connectivity index (χ4v) is 2.26. The molecule has 3 heteroatoms. The number of rotatable bonds is 4. The van der Waals surface area contributed by atoms with Crippen molar-refractivity contribution in [2.45, 2.75) is 38.3 Å². The number of nitrogens with two attached hydrogens (primary N) is 1. The van der Waals surface area contributed by atoms with Crippen molar-refractivity contribution in [3.8, 4) is 5.75 Å². The van der Waals surface area contributed by atoms with Crippen LogP contribution in [-0.4, -0.2) is 13.2 Å². The van der Waals surface area contributed by atoms with Gasteiger partial charge in [-0.05, 0) is 30.5 Å². The summed E-state index contributed by atoms with van der Waals surface area (Å²) in [5.74, 6) is 0.769. The van der Waals surface area contributed by atoms with E-state index in [1.165, 1.54) is 31.2 Å². The highest BCUT2D eigenvalue weighted by atomic mass is 16.5. The summed E-state index contributed by atoms with van der Waals surface area (Å²) in [7, 11) is 1.65. The van der Waals surface area contributed by atoms with Gasteiger partial charge in [0.05, 0.1) is 12.8 Å². The lowest BCUT2D eigenvalue weighted by atomic mass is 10.1. The van der Waals surface area contributed by atoms with Gasteiger partial charge in [-0.25, -0.2) is 0 Å². The number of anilines is 1. The van der Waals surface area contributed by atoms with E-state index in [2.05, 4.69) is 11.4 Å². The molecule has 0 atom stereocenters. The number of hydrogen-bond donors (Lipinski definition) is 2. The molecule has 1 aromatic rings. The summed E-state index contributed by atoms with van der Waals surface area (Å²) in [5.41, 5.74) is 7.71. The van der Waals surface area contributed by atoms with Gasteiger partial charge in [0.1, 0.15) is 5.75 Å². The van der Waals surface area contributed by atoms with Crippen LogP contribution in [0.5, 0.6) is 5.75 Å². The van der Waals surface area contributed by atoms with Crippen LogP contribution >= 0.6 is 0 Å². The zero-order chi connectivity index (χ0) is 11.4. The second-order valence-corrected chi connectivity index (χ2v) is 4.44. The van der Waals surface area contributed by atoms with Crippen molar-refractivity contribution in [2.75, 3.05) is 12.8 Å². The summed E-state index contributed by atoms with van der Waals surface area (Å²) in [4.78, 5) is 0. The van der Waals surface area contributed by atoms with Gasteiger partial charge in [0, 0.05) is 12.6 Å². The first-order valence-corrected chi connectivity index (χ1v) is 5.95. The molecule has 2 rings (SSSR count). The molecule has 0 radical (unpaired) electrons. The summed E-state index contributed by atoms with van der Waals surface area (Å²) in [6, 6.07) is 6.67. The lowest BCUT2D eigenvalue weighted by Crippen LogP contribution is -2.25. The second-order valence-electron chi connectivity index (χ2n) is 4.44. The zero-order valence-corrected chi connectivity index (χ0v) is 9.83. The van der Waals surface area contributed by atoms with Crippen molar-refractivity contribution in [1.29, 1.82) is 0 Å². The van der Waals surface area contributed by atoms with Crippen molar-refractivity contribution in [3.05, 3.63) is 23.8 Å². The van der Waals surface area contributed by atoms with Gasteiger partial charge in [-0.2, -0.15) is 0 Å². The third-order valence-corrected chi connectivity index (χ3v) is 3.25. The molecule has 1 aliphatic rings. The minimum Gasteiger partial charge on any atom is -0.495 e. The number of benzene rings is 1. The number of nitrogen functional groups attached to an aromatic ring is 1. The Balaban J connectivity index is 1.93. The van der Waals surface area contributed by atoms with E-state index in [-0.39, 0.29) is 0 Å². The van der Waals surface area contributed by atoms with Crippen LogP contribution in [0.1, 0.15) is 31.2 Å². The predicted octanol–water partition coefficient (Wildman–Crippen LogP) is 2.31. The van der Waals surface area contributed by atoms with Crippen molar-refractivity contribution >= 4 is 5.69 Å². The topological polar surface area (TPSA) is 47.3 Å². The van der Waals surface area contributed by atoms with E-state index < -0.39 is 0 Å². The van der Waals surface area contributed by atoms with Crippen molar-refractivity contribution in [3.63, 3.8) is 0 Å². The molecule has 0 unspecified atom stereocenters. The Bertz CT molecular complexity index is 346. The molecule has 16 heavy (non-hydrogen) atoms. The summed E-state index contributed by atoms with van der Waals surface area (Å²) in [6.45, 7) is 0.904. The van der Waals surface area contributed by atoms with E-state index in [9.17, 15) is 0 Å². The van der Waals surface area contributed by atoms with E-state index >= 15 is 0 Å². The first-order valence-electron chi connectivity index (χ1n) is 5.95. The fraction of sp³-hybridized carbons (Fsp3) is 0.538. The third-order valence-electron chi connectivity index (χ3n) is 3.25. The Morgan fingerprint density at radius 2 is 2.12 bits per heavy atom. The fourth-order valence-electron chi connectivity index (χ4n) is 2.26. The van der Waals surface area contributed by atoms with Gasteiger partial charge in [-0.3, -0.25) is 0 Å². The first kappa shape index (κ1) is 11.3. The van der Waals surface area contributed by atoms with Gasteiger partial charge < -0.3 is 15.8 Å². The highest BCUT2D eigenvalue weighted by Crippen LogP contribution is 2.23. The van der Waals surface area contributed by atoms with Crippen LogP contribution in [0, 0.1) is 0 Å². The van der Waals surface area contributed by atoms with Gasteiger partial charge in [-0.15, -0.1) is 0 Å². The minimum absolute atomic E-state index is 0.698. The Morgan fingerprint density at radius 1 is 1.38 bits per heavy atom. The van der Waals surface area contributed by atoms with Crippen molar-refractivity contribution in [1.82, 2.24) is 5.32 Å². The third kappa shape index (κ3) is 2.67. The van der Waals surface area contributed by atoms with Crippen LogP contribution in [0.2, 0.25) is 0 Å². The van der Waals surface area contributed by atoms with Gasteiger partial charge >= 0.3 is 0 Å². The Morgan fingerprint density at radius 3 is 2.81 bits per heavy atom. The molecule has 0 aromatic heterocycles. The van der Waals surface area contributed by atoms with Gasteiger partial charge in [0.15, 0.2) is 0 Å². The second kappa shape index (κ2) is 5.21. The minimum atomic E-state index is 0.698. The smallest absolute Gasteiger partial charge is 0.142 e. The summed E-state index contributed by atoms with van der Waals surface area (Å²) >= 11 is 0. The largest absolute Gasteiger partial charge is 0.495 e. The Labute approximate surface area is 97.0 Å². The molecule has 0 aliphatic heterocycles. The van der Waals surface area contributed by atoms with Crippen LogP contribution in [0.25, 0.3) is 0 Å². The highest BCUT2D eigenvalue weighted by molar-refractivity contribution is 5.53. The molecular formula is C13H20N2O. The molecule has 1 saturated carbocycles. The van der Waals surface area contributed by atoms with Crippen LogP contribution in [0.4, 0.5) is 5.69 Å². The standard InChI is InChI=1S/C13H20N2O/c1-16-13-8-10(6-7-12(13)14)9-15-11-4-2-3-5-11/h6-8,11,15H,2-5,9,14H2,1H3. The van der Waals surface area contributed by atoms with E-state index in [1.807, 2.05) is 12.1 Å². The molecule has 0 bridgehead atoms. The van der Waals surface area contributed by atoms with E-state index in [0.29, 0.717) is 11.7 Å². The SMILES string of the molecule is COc1cc(CNC2CCCC2)ccc1N. The number of hydrogen-bond acceptors (Lipinski definition) is 3. The zero-order valence-electron chi connectivity index (χ0n) is 9.83. The average Bonchev–Trinajstić information content (AvgIpc) is 2.81. The van der Waals surface area contributed by atoms with Crippen LogP contribution in [0.3, 0.4) is 0 Å². The average molecular weight is 220 g/mol. The maximum absolute atomic E-state index is 5.77. The van der Waals surface area contributed by atoms with Crippen LogP contribution < -0.4 is 15.8 Å². The molecule has 0 spiro atoms. The van der Waals surface area contributed by atoms with Crippen molar-refractivity contribution in [2.24, 2.45) is 0 Å². The molecule has 1 aliphatic carbocycles. The molecule has 1 aromatic carbocycles. The van der Waals surface area contributed by atoms with Gasteiger partial charge in [-0.1, -0.05) is 18.9 Å². The molecule has 1 fully saturated rings. The predicted molar refractivity (Wildman–Crippen MR) is 66.5 cm³/mol. The molecule has 0 heterocycles. The number of ether oxygens (including phenoxy) is 1. The molecule has 88 valence electrons. The normalized spacial score (nSPS) is 16.6. The monoisotopic (exact) mass is 220 g/mol. The lowest BCUT2D eigenvalue weighted by Gasteiger charge is -2.13. The molecule has 3 N–H and O–H groups in total. The molecule has 0 amide bonds. The highest BCUT2D eigenvalue weighted by Gasteiger charge is 2.13. The van der Waals surface area contributed by atoms with E-state index in [1.54, 1.807) is 7.11 Å². The summed E-state index contributed by atoms with van der Waals surface area (Å²) in [5, 5.41) is 3.57. The molecular weight excluding hydrogens is 200 g/mol. The summed E-state index contributed by atoms with van der Waals surface area (Å²) in [6.07, 6.45) is 5.35. The molecule has 3 nitrogen and oxygen atoms in total. The van der Waals surface area contributed by atoms with Gasteiger partial charge in [0.2, 0.25) is 0 Å². The maximum Gasteiger partial charge on any atom is 0.142 e. The van der Waals surface area contributed by atoms with E-state index in [0.717, 1.165) is 12.3 Å². The van der Waals surface area contributed by atoms with Gasteiger partial charge in [0.25, 0.3) is 0 Å². The Hall–Kier alpha value is -1.22.